The van der Waals surface area contributed by atoms with E-state index in [2.05, 4.69) is 26.6 Å². The molecule has 0 atom stereocenters. The Bertz CT molecular complexity index is 935. The van der Waals surface area contributed by atoms with Gasteiger partial charge in [0.25, 0.3) is 11.8 Å². The number of carbonyl (C=O) groups is 3. The lowest BCUT2D eigenvalue weighted by Gasteiger charge is -2.09. The first-order chi connectivity index (χ1) is 12.4. The van der Waals surface area contributed by atoms with Crippen LogP contribution in [0.5, 0.6) is 0 Å². The molecular weight excluding hydrogens is 398 g/mol. The number of rotatable bonds is 4. The molecule has 0 unspecified atom stereocenters. The van der Waals surface area contributed by atoms with E-state index >= 15 is 0 Å². The molecule has 0 spiro atoms. The van der Waals surface area contributed by atoms with Crippen LogP contribution in [0.25, 0.3) is 5.57 Å². The highest BCUT2D eigenvalue weighted by molar-refractivity contribution is 9.10. The first kappa shape index (κ1) is 17.9. The molecule has 0 saturated carbocycles. The van der Waals surface area contributed by atoms with Crippen LogP contribution in [0.15, 0.2) is 58.7 Å². The SMILES string of the molecule is CC(=O)Nc1ccc(C2=C(Nc3cccc(Br)c3)C(=O)N(C)C2=O)cc1. The zero-order chi connectivity index (χ0) is 18.8. The zero-order valence-corrected chi connectivity index (χ0v) is 15.8. The summed E-state index contributed by atoms with van der Waals surface area (Å²) in [5.74, 6) is -0.948. The number of anilines is 2. The van der Waals surface area contributed by atoms with Gasteiger partial charge in [0.2, 0.25) is 5.91 Å². The van der Waals surface area contributed by atoms with Crippen LogP contribution in [-0.2, 0) is 14.4 Å². The predicted octanol–water partition coefficient (Wildman–Crippen LogP) is 3.23. The average molecular weight is 414 g/mol. The summed E-state index contributed by atoms with van der Waals surface area (Å²) in [4.78, 5) is 37.3. The van der Waals surface area contributed by atoms with Crippen molar-refractivity contribution in [2.75, 3.05) is 17.7 Å². The van der Waals surface area contributed by atoms with Gasteiger partial charge in [-0.3, -0.25) is 19.3 Å². The number of hydrogen-bond donors (Lipinski definition) is 2. The van der Waals surface area contributed by atoms with E-state index in [1.54, 1.807) is 24.3 Å². The summed E-state index contributed by atoms with van der Waals surface area (Å²) in [5, 5.41) is 5.73. The number of hydrogen-bond acceptors (Lipinski definition) is 4. The number of nitrogens with zero attached hydrogens (tertiary/aromatic N) is 1. The van der Waals surface area contributed by atoms with Crippen molar-refractivity contribution in [2.24, 2.45) is 0 Å². The lowest BCUT2D eigenvalue weighted by Crippen LogP contribution is -2.27. The second-order valence-corrected chi connectivity index (χ2v) is 6.73. The number of nitrogens with one attached hydrogen (secondary N) is 2. The molecule has 0 fully saturated rings. The Labute approximate surface area is 159 Å². The maximum absolute atomic E-state index is 12.6. The Morgan fingerprint density at radius 2 is 1.69 bits per heavy atom. The van der Waals surface area contributed by atoms with E-state index in [1.807, 2.05) is 24.3 Å². The van der Waals surface area contributed by atoms with E-state index in [-0.39, 0.29) is 17.5 Å². The Balaban J connectivity index is 2.01. The zero-order valence-electron chi connectivity index (χ0n) is 14.2. The molecule has 7 heteroatoms. The van der Waals surface area contributed by atoms with E-state index in [0.29, 0.717) is 22.5 Å². The van der Waals surface area contributed by atoms with Crippen LogP contribution < -0.4 is 10.6 Å². The van der Waals surface area contributed by atoms with Crippen LogP contribution in [0.3, 0.4) is 0 Å². The summed E-state index contributed by atoms with van der Waals surface area (Å²) in [6.07, 6.45) is 0. The van der Waals surface area contributed by atoms with E-state index in [1.165, 1.54) is 14.0 Å². The third-order valence-electron chi connectivity index (χ3n) is 3.87. The predicted molar refractivity (Wildman–Crippen MR) is 103 cm³/mol. The van der Waals surface area contributed by atoms with Crippen molar-refractivity contribution >= 4 is 50.6 Å². The van der Waals surface area contributed by atoms with Gasteiger partial charge in [-0.15, -0.1) is 0 Å². The largest absolute Gasteiger partial charge is 0.350 e. The molecule has 3 rings (SSSR count). The highest BCUT2D eigenvalue weighted by atomic mass is 79.9. The molecule has 2 N–H and O–H groups in total. The second kappa shape index (κ2) is 7.13. The molecule has 0 bridgehead atoms. The van der Waals surface area contributed by atoms with E-state index < -0.39 is 5.91 Å². The summed E-state index contributed by atoms with van der Waals surface area (Å²) < 4.78 is 0.856. The molecule has 0 saturated heterocycles. The normalized spacial score (nSPS) is 14.0. The molecule has 1 aliphatic heterocycles. The van der Waals surface area contributed by atoms with Gasteiger partial charge in [-0.2, -0.15) is 0 Å². The van der Waals surface area contributed by atoms with Gasteiger partial charge in [0.15, 0.2) is 0 Å². The van der Waals surface area contributed by atoms with Crippen molar-refractivity contribution in [3.05, 3.63) is 64.3 Å². The van der Waals surface area contributed by atoms with Gasteiger partial charge in [-0.05, 0) is 35.9 Å². The third-order valence-corrected chi connectivity index (χ3v) is 4.37. The minimum atomic E-state index is -0.393. The molecule has 2 aromatic carbocycles. The molecule has 26 heavy (non-hydrogen) atoms. The van der Waals surface area contributed by atoms with Crippen LogP contribution >= 0.6 is 15.9 Å². The van der Waals surface area contributed by atoms with Crippen LogP contribution in [0.4, 0.5) is 11.4 Å². The summed E-state index contributed by atoms with van der Waals surface area (Å²) in [5.41, 5.74) is 2.43. The van der Waals surface area contributed by atoms with Crippen molar-refractivity contribution in [3.8, 4) is 0 Å². The molecule has 132 valence electrons. The van der Waals surface area contributed by atoms with Gasteiger partial charge in [-0.25, -0.2) is 0 Å². The highest BCUT2D eigenvalue weighted by Gasteiger charge is 2.36. The van der Waals surface area contributed by atoms with Crippen molar-refractivity contribution in [3.63, 3.8) is 0 Å². The van der Waals surface area contributed by atoms with Crippen molar-refractivity contribution in [2.45, 2.75) is 6.92 Å². The topological polar surface area (TPSA) is 78.5 Å². The second-order valence-electron chi connectivity index (χ2n) is 5.81. The molecule has 2 aromatic rings. The van der Waals surface area contributed by atoms with E-state index in [0.717, 1.165) is 9.37 Å². The van der Waals surface area contributed by atoms with E-state index in [9.17, 15) is 14.4 Å². The molecule has 1 aliphatic rings. The fraction of sp³-hybridized carbons (Fsp3) is 0.105. The lowest BCUT2D eigenvalue weighted by atomic mass is 10.0. The fourth-order valence-corrected chi connectivity index (χ4v) is 3.06. The van der Waals surface area contributed by atoms with Crippen molar-refractivity contribution in [1.82, 2.24) is 4.90 Å². The third kappa shape index (κ3) is 3.52. The van der Waals surface area contributed by atoms with E-state index in [4.69, 9.17) is 0 Å². The summed E-state index contributed by atoms with van der Waals surface area (Å²) >= 11 is 3.39. The number of imide groups is 1. The summed E-state index contributed by atoms with van der Waals surface area (Å²) in [6.45, 7) is 1.42. The number of likely N-dealkylation sites (N-methyl/N-ethyl adjacent to an activating group) is 1. The van der Waals surface area contributed by atoms with Gasteiger partial charge >= 0.3 is 0 Å². The minimum Gasteiger partial charge on any atom is -0.350 e. The quantitative estimate of drug-likeness (QED) is 0.754. The Hall–Kier alpha value is -2.93. The minimum absolute atomic E-state index is 0.180. The number of benzene rings is 2. The first-order valence-corrected chi connectivity index (χ1v) is 8.63. The van der Waals surface area contributed by atoms with Gasteiger partial charge in [0.05, 0.1) is 5.57 Å². The van der Waals surface area contributed by atoms with Gasteiger partial charge < -0.3 is 10.6 Å². The number of halogens is 1. The molecule has 0 aromatic heterocycles. The smallest absolute Gasteiger partial charge is 0.277 e. The maximum atomic E-state index is 12.6. The molecule has 0 radical (unpaired) electrons. The lowest BCUT2D eigenvalue weighted by molar-refractivity contribution is -0.135. The number of amides is 3. The maximum Gasteiger partial charge on any atom is 0.277 e. The van der Waals surface area contributed by atoms with Crippen LogP contribution in [0, 0.1) is 0 Å². The molecule has 0 aliphatic carbocycles. The summed E-state index contributed by atoms with van der Waals surface area (Å²) in [7, 11) is 1.45. The molecular formula is C19H16BrN3O3. The standard InChI is InChI=1S/C19H16BrN3O3/c1-11(24)21-14-8-6-12(7-9-14)16-17(19(26)23(2)18(16)25)22-15-5-3-4-13(20)10-15/h3-10,22H,1-2H3,(H,21,24). The fourth-order valence-electron chi connectivity index (χ4n) is 2.66. The monoisotopic (exact) mass is 413 g/mol. The Morgan fingerprint density at radius 3 is 2.31 bits per heavy atom. The van der Waals surface area contributed by atoms with Gasteiger partial charge in [0, 0.05) is 29.8 Å². The highest BCUT2D eigenvalue weighted by Crippen LogP contribution is 2.30. The first-order valence-electron chi connectivity index (χ1n) is 7.84. The molecule has 1 heterocycles. The Kier molecular flexibility index (Phi) is 4.90. The van der Waals surface area contributed by atoms with Crippen LogP contribution in [0.2, 0.25) is 0 Å². The van der Waals surface area contributed by atoms with Crippen molar-refractivity contribution in [1.29, 1.82) is 0 Å². The van der Waals surface area contributed by atoms with Gasteiger partial charge in [0.1, 0.15) is 5.70 Å². The van der Waals surface area contributed by atoms with Gasteiger partial charge in [-0.1, -0.05) is 34.1 Å². The average Bonchev–Trinajstić information content (AvgIpc) is 2.80. The summed E-state index contributed by atoms with van der Waals surface area (Å²) in [6, 6.07) is 14.1. The van der Waals surface area contributed by atoms with Crippen LogP contribution in [-0.4, -0.2) is 29.7 Å². The Morgan fingerprint density at radius 1 is 1.00 bits per heavy atom. The number of carbonyl (C=O) groups excluding carboxylic acids is 3. The molecule has 6 nitrogen and oxygen atoms in total. The van der Waals surface area contributed by atoms with Crippen LogP contribution in [0.1, 0.15) is 12.5 Å². The van der Waals surface area contributed by atoms with Crippen molar-refractivity contribution < 1.29 is 14.4 Å². The molecule has 3 amide bonds.